The fourth-order valence-electron chi connectivity index (χ4n) is 3.53. The molecule has 0 saturated heterocycles. The molecule has 0 bridgehead atoms. The fraction of sp³-hybridized carbons (Fsp3) is 0.238. The van der Waals surface area contributed by atoms with Crippen LogP contribution < -0.4 is 10.2 Å². The van der Waals surface area contributed by atoms with E-state index in [1.54, 1.807) is 19.1 Å². The molecule has 0 radical (unpaired) electrons. The van der Waals surface area contributed by atoms with Crippen molar-refractivity contribution in [3.05, 3.63) is 57.6 Å². The second-order valence-corrected chi connectivity index (χ2v) is 6.64. The molecule has 0 saturated carbocycles. The van der Waals surface area contributed by atoms with Crippen molar-refractivity contribution < 1.29 is 24.2 Å². The highest BCUT2D eigenvalue weighted by molar-refractivity contribution is 6.08. The Hall–Kier alpha value is -3.28. The second kappa shape index (κ2) is 6.46. The first-order valence-corrected chi connectivity index (χ1v) is 8.76. The molecule has 27 heavy (non-hydrogen) atoms. The molecule has 2 N–H and O–H groups in total. The summed E-state index contributed by atoms with van der Waals surface area (Å²) in [5.74, 6) is -0.00344. The third-order valence-corrected chi connectivity index (χ3v) is 4.72. The molecule has 1 aliphatic rings. The predicted molar refractivity (Wildman–Crippen MR) is 101 cm³/mol. The number of aliphatic hydroxyl groups is 1. The maximum atomic E-state index is 12.5. The van der Waals surface area contributed by atoms with Crippen LogP contribution >= 0.6 is 0 Å². The van der Waals surface area contributed by atoms with Crippen molar-refractivity contribution in [2.75, 3.05) is 0 Å². The van der Waals surface area contributed by atoms with Gasteiger partial charge < -0.3 is 19.4 Å². The number of carboxylic acid groups (broad SMARTS) is 1. The maximum Gasteiger partial charge on any atom is 0.307 e. The number of hydrogen-bond acceptors (Lipinski definition) is 5. The Morgan fingerprint density at radius 3 is 2.81 bits per heavy atom. The van der Waals surface area contributed by atoms with Crippen LogP contribution in [-0.4, -0.2) is 22.3 Å². The lowest BCUT2D eigenvalue weighted by atomic mass is 9.94. The summed E-state index contributed by atoms with van der Waals surface area (Å²) >= 11 is 0. The third-order valence-electron chi connectivity index (χ3n) is 4.72. The van der Waals surface area contributed by atoms with Gasteiger partial charge in [0.15, 0.2) is 5.43 Å². The number of carbonyl (C=O) groups is 1. The number of rotatable bonds is 4. The summed E-state index contributed by atoms with van der Waals surface area (Å²) in [5.41, 5.74) is 1.12. The minimum Gasteiger partial charge on any atom is -0.512 e. The third kappa shape index (κ3) is 3.03. The molecule has 0 amide bonds. The van der Waals surface area contributed by atoms with Crippen LogP contribution in [-0.2, 0) is 11.2 Å². The minimum absolute atomic E-state index is 0.127. The monoisotopic (exact) mass is 366 g/mol. The van der Waals surface area contributed by atoms with Crippen molar-refractivity contribution in [1.29, 1.82) is 0 Å². The fourth-order valence-corrected chi connectivity index (χ4v) is 3.53. The molecular formula is C21H18O6. The Bertz CT molecular complexity index is 1150. The van der Waals surface area contributed by atoms with E-state index in [1.165, 1.54) is 12.1 Å². The standard InChI is InChI=1S/C21H18O6/c1-2-13(22)8-15-9-17-20-12(7-14(26-17)10-18(24)25)6-11-4-3-5-16(23)19(11)21(20)27-15/h3-6,8-9,14,22H,2,7,10H2,1H3,(H,24,25)/t14-/m0/s1. The number of fused-ring (bicyclic) bond motifs is 2. The normalized spacial score (nSPS) is 16.5. The zero-order valence-corrected chi connectivity index (χ0v) is 14.7. The molecule has 3 aromatic rings. The molecule has 0 spiro atoms. The molecule has 0 unspecified atom stereocenters. The van der Waals surface area contributed by atoms with Crippen LogP contribution in [0.2, 0.25) is 0 Å². The van der Waals surface area contributed by atoms with Crippen LogP contribution in [0.4, 0.5) is 0 Å². The summed E-state index contributed by atoms with van der Waals surface area (Å²) in [5, 5.41) is 20.9. The number of ether oxygens (including phenoxy) is 1. The minimum atomic E-state index is -0.938. The lowest BCUT2D eigenvalue weighted by molar-refractivity contribution is -0.138. The van der Waals surface area contributed by atoms with Gasteiger partial charge in [0.05, 0.1) is 23.0 Å². The first-order valence-electron chi connectivity index (χ1n) is 8.76. The molecule has 4 rings (SSSR count). The number of carboxylic acids is 1. The Labute approximate surface area is 154 Å². The smallest absolute Gasteiger partial charge is 0.307 e. The highest BCUT2D eigenvalue weighted by Gasteiger charge is 2.27. The number of hydrogen-bond donors (Lipinski definition) is 2. The lowest BCUT2D eigenvalue weighted by Gasteiger charge is -2.26. The van der Waals surface area contributed by atoms with E-state index in [0.717, 1.165) is 10.9 Å². The highest BCUT2D eigenvalue weighted by Crippen LogP contribution is 2.40. The molecule has 2 aromatic carbocycles. The van der Waals surface area contributed by atoms with Gasteiger partial charge in [-0.2, -0.15) is 0 Å². The van der Waals surface area contributed by atoms with Crippen molar-refractivity contribution in [3.8, 4) is 5.75 Å². The Kier molecular flexibility index (Phi) is 4.11. The first kappa shape index (κ1) is 17.1. The van der Waals surface area contributed by atoms with Crippen LogP contribution in [0.15, 0.2) is 45.3 Å². The zero-order valence-electron chi connectivity index (χ0n) is 14.7. The van der Waals surface area contributed by atoms with Gasteiger partial charge in [-0.3, -0.25) is 9.59 Å². The van der Waals surface area contributed by atoms with Crippen LogP contribution in [0.3, 0.4) is 0 Å². The lowest BCUT2D eigenvalue weighted by Crippen LogP contribution is -2.26. The summed E-state index contributed by atoms with van der Waals surface area (Å²) in [4.78, 5) is 23.6. The quantitative estimate of drug-likeness (QED) is 0.534. The molecule has 6 nitrogen and oxygen atoms in total. The Balaban J connectivity index is 2.04. The van der Waals surface area contributed by atoms with E-state index in [-0.39, 0.29) is 17.6 Å². The maximum absolute atomic E-state index is 12.5. The van der Waals surface area contributed by atoms with Gasteiger partial charge in [-0.15, -0.1) is 0 Å². The van der Waals surface area contributed by atoms with Gasteiger partial charge in [0.2, 0.25) is 0 Å². The van der Waals surface area contributed by atoms with E-state index in [2.05, 4.69) is 0 Å². The van der Waals surface area contributed by atoms with Crippen molar-refractivity contribution in [2.24, 2.45) is 0 Å². The molecule has 1 atom stereocenters. The first-order chi connectivity index (χ1) is 13.0. The SMILES string of the molecule is CCC(O)=Cc1cc2c3c(cc4cccc(=O)c4c3o1)C[C@@H](CC(=O)O)O2. The van der Waals surface area contributed by atoms with Crippen LogP contribution in [0.1, 0.15) is 31.1 Å². The molecule has 1 aromatic heterocycles. The van der Waals surface area contributed by atoms with Gasteiger partial charge in [-0.25, -0.2) is 0 Å². The number of allylic oxidation sites excluding steroid dienone is 1. The molecule has 1 aliphatic heterocycles. The molecule has 0 fully saturated rings. The average molecular weight is 366 g/mol. The van der Waals surface area contributed by atoms with Gasteiger partial charge >= 0.3 is 5.97 Å². The average Bonchev–Trinajstić information content (AvgIpc) is 2.60. The van der Waals surface area contributed by atoms with Crippen molar-refractivity contribution >= 4 is 33.8 Å². The second-order valence-electron chi connectivity index (χ2n) is 6.64. The number of benzene rings is 2. The molecule has 2 heterocycles. The van der Waals surface area contributed by atoms with E-state index in [0.29, 0.717) is 40.7 Å². The summed E-state index contributed by atoms with van der Waals surface area (Å²) in [7, 11) is 0. The van der Waals surface area contributed by atoms with Gasteiger partial charge in [0.25, 0.3) is 0 Å². The van der Waals surface area contributed by atoms with E-state index in [9.17, 15) is 14.7 Å². The highest BCUT2D eigenvalue weighted by atomic mass is 16.5. The summed E-state index contributed by atoms with van der Waals surface area (Å²) in [6, 6.07) is 8.52. The zero-order chi connectivity index (χ0) is 19.1. The van der Waals surface area contributed by atoms with E-state index in [4.69, 9.17) is 14.3 Å². The predicted octanol–water partition coefficient (Wildman–Crippen LogP) is 4.03. The van der Waals surface area contributed by atoms with Crippen LogP contribution in [0.5, 0.6) is 5.75 Å². The topological polar surface area (TPSA) is 97.0 Å². The molecule has 138 valence electrons. The largest absolute Gasteiger partial charge is 0.512 e. The van der Waals surface area contributed by atoms with E-state index >= 15 is 0 Å². The van der Waals surface area contributed by atoms with E-state index < -0.39 is 12.1 Å². The van der Waals surface area contributed by atoms with Crippen molar-refractivity contribution in [3.63, 3.8) is 0 Å². The number of aliphatic hydroxyl groups excluding tert-OH is 1. The molecular weight excluding hydrogens is 348 g/mol. The summed E-state index contributed by atoms with van der Waals surface area (Å²) < 4.78 is 11.9. The molecule has 0 aliphatic carbocycles. The van der Waals surface area contributed by atoms with Crippen LogP contribution in [0.25, 0.3) is 27.8 Å². The van der Waals surface area contributed by atoms with Crippen LogP contribution in [0, 0.1) is 0 Å². The van der Waals surface area contributed by atoms with Gasteiger partial charge in [0, 0.05) is 25.0 Å². The summed E-state index contributed by atoms with van der Waals surface area (Å²) in [6.45, 7) is 1.81. The molecule has 6 heteroatoms. The van der Waals surface area contributed by atoms with Gasteiger partial charge in [0.1, 0.15) is 23.2 Å². The van der Waals surface area contributed by atoms with E-state index in [1.807, 2.05) is 12.1 Å². The van der Waals surface area contributed by atoms with Crippen molar-refractivity contribution in [1.82, 2.24) is 0 Å². The van der Waals surface area contributed by atoms with Gasteiger partial charge in [-0.05, 0) is 23.1 Å². The van der Waals surface area contributed by atoms with Gasteiger partial charge in [-0.1, -0.05) is 19.1 Å². The Morgan fingerprint density at radius 2 is 2.07 bits per heavy atom. The number of aliphatic carboxylic acids is 1. The Morgan fingerprint density at radius 1 is 1.26 bits per heavy atom. The van der Waals surface area contributed by atoms with Crippen molar-refractivity contribution in [2.45, 2.75) is 32.3 Å². The summed E-state index contributed by atoms with van der Waals surface area (Å²) in [6.07, 6.45) is 1.69.